The zero-order valence-corrected chi connectivity index (χ0v) is 12.5. The summed E-state index contributed by atoms with van der Waals surface area (Å²) in [4.78, 5) is 7.97. The minimum absolute atomic E-state index is 0.236. The van der Waals surface area contributed by atoms with Crippen molar-refractivity contribution in [2.75, 3.05) is 0 Å². The summed E-state index contributed by atoms with van der Waals surface area (Å²) >= 11 is 3.22. The molecule has 0 saturated heterocycles. The highest BCUT2D eigenvalue weighted by atomic mass is 79.9. The SMILES string of the molecule is Fc1cc2[nH]c(C3CCCCCCC3)nc2cc1Br. The minimum Gasteiger partial charge on any atom is -0.342 e. The first-order valence-corrected chi connectivity index (χ1v) is 7.88. The van der Waals surface area contributed by atoms with Gasteiger partial charge in [0.25, 0.3) is 0 Å². The molecule has 1 aromatic heterocycles. The second-order valence-electron chi connectivity index (χ2n) is 5.45. The maximum atomic E-state index is 13.5. The van der Waals surface area contributed by atoms with Gasteiger partial charge in [-0.25, -0.2) is 9.37 Å². The van der Waals surface area contributed by atoms with Crippen molar-refractivity contribution in [1.29, 1.82) is 0 Å². The monoisotopic (exact) mass is 324 g/mol. The van der Waals surface area contributed by atoms with Gasteiger partial charge in [0.15, 0.2) is 0 Å². The third-order valence-electron chi connectivity index (χ3n) is 4.03. The number of aromatic amines is 1. The Labute approximate surface area is 120 Å². The zero-order valence-electron chi connectivity index (χ0n) is 10.9. The lowest BCUT2D eigenvalue weighted by Crippen LogP contribution is -2.04. The molecular formula is C15H18BrFN2. The molecular weight excluding hydrogens is 307 g/mol. The highest BCUT2D eigenvalue weighted by Crippen LogP contribution is 2.31. The van der Waals surface area contributed by atoms with Crippen LogP contribution in [0.3, 0.4) is 0 Å². The maximum Gasteiger partial charge on any atom is 0.139 e. The molecule has 102 valence electrons. The van der Waals surface area contributed by atoms with E-state index in [0.717, 1.165) is 16.9 Å². The third-order valence-corrected chi connectivity index (χ3v) is 4.64. The molecule has 0 unspecified atom stereocenters. The fraction of sp³-hybridized carbons (Fsp3) is 0.533. The Kier molecular flexibility index (Phi) is 3.87. The van der Waals surface area contributed by atoms with E-state index >= 15 is 0 Å². The van der Waals surface area contributed by atoms with Gasteiger partial charge in [0, 0.05) is 12.0 Å². The number of benzene rings is 1. The van der Waals surface area contributed by atoms with Crippen LogP contribution in [-0.2, 0) is 0 Å². The normalized spacial score (nSPS) is 18.4. The number of H-pyrrole nitrogens is 1. The number of aromatic nitrogens is 2. The van der Waals surface area contributed by atoms with Crippen LogP contribution in [0.1, 0.15) is 56.7 Å². The summed E-state index contributed by atoms with van der Waals surface area (Å²) in [6.07, 6.45) is 8.98. The van der Waals surface area contributed by atoms with Gasteiger partial charge < -0.3 is 4.98 Å². The summed E-state index contributed by atoms with van der Waals surface area (Å²) in [6, 6.07) is 3.28. The lowest BCUT2D eigenvalue weighted by molar-refractivity contribution is 0.445. The number of imidazole rings is 1. The molecule has 1 aliphatic rings. The van der Waals surface area contributed by atoms with Crippen LogP contribution in [0.2, 0.25) is 0 Å². The van der Waals surface area contributed by atoms with Gasteiger partial charge in [-0.2, -0.15) is 0 Å². The summed E-state index contributed by atoms with van der Waals surface area (Å²) in [5.41, 5.74) is 1.66. The number of hydrogen-bond acceptors (Lipinski definition) is 1. The van der Waals surface area contributed by atoms with Gasteiger partial charge in [-0.15, -0.1) is 0 Å². The van der Waals surface area contributed by atoms with E-state index < -0.39 is 0 Å². The van der Waals surface area contributed by atoms with Crippen LogP contribution in [0.5, 0.6) is 0 Å². The third kappa shape index (κ3) is 2.83. The van der Waals surface area contributed by atoms with Crippen molar-refractivity contribution in [3.63, 3.8) is 0 Å². The molecule has 19 heavy (non-hydrogen) atoms. The number of hydrogen-bond donors (Lipinski definition) is 1. The lowest BCUT2D eigenvalue weighted by atomic mass is 9.91. The average Bonchev–Trinajstić information content (AvgIpc) is 2.72. The Hall–Kier alpha value is -0.900. The predicted molar refractivity (Wildman–Crippen MR) is 78.8 cm³/mol. The van der Waals surface area contributed by atoms with E-state index in [4.69, 9.17) is 0 Å². The summed E-state index contributed by atoms with van der Waals surface area (Å²) < 4.78 is 14.0. The average molecular weight is 325 g/mol. The summed E-state index contributed by atoms with van der Waals surface area (Å²) in [6.45, 7) is 0. The van der Waals surface area contributed by atoms with Gasteiger partial charge in [0.2, 0.25) is 0 Å². The van der Waals surface area contributed by atoms with Crippen LogP contribution in [0.4, 0.5) is 4.39 Å². The van der Waals surface area contributed by atoms with Crippen LogP contribution in [0.15, 0.2) is 16.6 Å². The molecule has 1 fully saturated rings. The molecule has 3 rings (SSSR count). The Bertz CT molecular complexity index is 532. The molecule has 0 atom stereocenters. The van der Waals surface area contributed by atoms with Gasteiger partial charge in [0.05, 0.1) is 15.5 Å². The van der Waals surface area contributed by atoms with Crippen molar-refractivity contribution in [3.8, 4) is 0 Å². The van der Waals surface area contributed by atoms with Crippen LogP contribution in [-0.4, -0.2) is 9.97 Å². The van der Waals surface area contributed by atoms with Gasteiger partial charge in [-0.1, -0.05) is 32.1 Å². The van der Waals surface area contributed by atoms with Crippen molar-refractivity contribution in [1.82, 2.24) is 9.97 Å². The van der Waals surface area contributed by atoms with Crippen LogP contribution >= 0.6 is 15.9 Å². The van der Waals surface area contributed by atoms with E-state index in [9.17, 15) is 4.39 Å². The van der Waals surface area contributed by atoms with Crippen LogP contribution < -0.4 is 0 Å². The molecule has 4 heteroatoms. The van der Waals surface area contributed by atoms with E-state index in [2.05, 4.69) is 25.9 Å². The highest BCUT2D eigenvalue weighted by molar-refractivity contribution is 9.10. The first-order valence-electron chi connectivity index (χ1n) is 7.09. The number of fused-ring (bicyclic) bond motifs is 1. The topological polar surface area (TPSA) is 28.7 Å². The van der Waals surface area contributed by atoms with Crippen LogP contribution in [0, 0.1) is 5.82 Å². The molecule has 0 amide bonds. The molecule has 1 aromatic carbocycles. The standard InChI is InChI=1S/C15H18BrFN2/c16-11-8-13-14(9-12(11)17)19-15(18-13)10-6-4-2-1-3-5-7-10/h8-10H,1-7H2,(H,18,19). The maximum absolute atomic E-state index is 13.5. The Balaban J connectivity index is 1.91. The van der Waals surface area contributed by atoms with Crippen molar-refractivity contribution < 1.29 is 4.39 Å². The van der Waals surface area contributed by atoms with Gasteiger partial charge >= 0.3 is 0 Å². The minimum atomic E-state index is -0.236. The molecule has 1 aliphatic carbocycles. The van der Waals surface area contributed by atoms with Gasteiger partial charge in [0.1, 0.15) is 11.6 Å². The molecule has 1 saturated carbocycles. The Morgan fingerprint density at radius 3 is 2.53 bits per heavy atom. The quantitative estimate of drug-likeness (QED) is 0.758. The molecule has 0 spiro atoms. The van der Waals surface area contributed by atoms with Gasteiger partial charge in [-0.3, -0.25) is 0 Å². The van der Waals surface area contributed by atoms with Gasteiger partial charge in [-0.05, 0) is 34.8 Å². The summed E-state index contributed by atoms with van der Waals surface area (Å²) in [5.74, 6) is 1.31. The molecule has 2 nitrogen and oxygen atoms in total. The first kappa shape index (κ1) is 13.1. The second kappa shape index (κ2) is 5.61. The Morgan fingerprint density at radius 1 is 1.11 bits per heavy atom. The number of halogens is 2. The number of nitrogens with zero attached hydrogens (tertiary/aromatic N) is 1. The number of rotatable bonds is 1. The van der Waals surface area contributed by atoms with Crippen molar-refractivity contribution in [2.45, 2.75) is 50.9 Å². The predicted octanol–water partition coefficient (Wildman–Crippen LogP) is 5.29. The van der Waals surface area contributed by atoms with Crippen molar-refractivity contribution in [3.05, 3.63) is 28.2 Å². The second-order valence-corrected chi connectivity index (χ2v) is 6.30. The summed E-state index contributed by atoms with van der Waals surface area (Å²) in [5, 5.41) is 0. The van der Waals surface area contributed by atoms with E-state index in [1.165, 1.54) is 51.0 Å². The molecule has 1 N–H and O–H groups in total. The molecule has 1 heterocycles. The fourth-order valence-electron chi connectivity index (χ4n) is 2.95. The molecule has 0 bridgehead atoms. The lowest BCUT2D eigenvalue weighted by Gasteiger charge is -2.17. The van der Waals surface area contributed by atoms with Crippen LogP contribution in [0.25, 0.3) is 11.0 Å². The van der Waals surface area contributed by atoms with E-state index in [0.29, 0.717) is 10.4 Å². The zero-order chi connectivity index (χ0) is 13.2. The fourth-order valence-corrected chi connectivity index (χ4v) is 3.28. The number of nitrogens with one attached hydrogen (secondary N) is 1. The van der Waals surface area contributed by atoms with E-state index in [-0.39, 0.29) is 5.82 Å². The molecule has 0 aliphatic heterocycles. The highest BCUT2D eigenvalue weighted by Gasteiger charge is 2.17. The largest absolute Gasteiger partial charge is 0.342 e. The van der Waals surface area contributed by atoms with Crippen molar-refractivity contribution in [2.24, 2.45) is 0 Å². The smallest absolute Gasteiger partial charge is 0.139 e. The van der Waals surface area contributed by atoms with E-state index in [1.54, 1.807) is 6.07 Å². The molecule has 0 radical (unpaired) electrons. The Morgan fingerprint density at radius 2 is 1.79 bits per heavy atom. The van der Waals surface area contributed by atoms with Crippen molar-refractivity contribution >= 4 is 27.0 Å². The first-order chi connectivity index (χ1) is 9.24. The molecule has 2 aromatic rings. The summed E-state index contributed by atoms with van der Waals surface area (Å²) in [7, 11) is 0. The van der Waals surface area contributed by atoms with E-state index in [1.807, 2.05) is 0 Å².